The van der Waals surface area contributed by atoms with Gasteiger partial charge in [-0.2, -0.15) is 0 Å². The lowest BCUT2D eigenvalue weighted by Gasteiger charge is -2.04. The maximum Gasteiger partial charge on any atom is 0.224 e. The van der Waals surface area contributed by atoms with E-state index >= 15 is 0 Å². The van der Waals surface area contributed by atoms with Crippen molar-refractivity contribution < 1.29 is 9.21 Å². The van der Waals surface area contributed by atoms with Crippen molar-refractivity contribution in [2.75, 3.05) is 0 Å². The minimum atomic E-state index is 0.0518. The van der Waals surface area contributed by atoms with E-state index in [-0.39, 0.29) is 17.7 Å². The molecule has 2 aromatic rings. The average Bonchev–Trinajstić information content (AvgIpc) is 3.02. The molecule has 1 aliphatic carbocycles. The first-order chi connectivity index (χ1) is 9.24. The fraction of sp³-hybridized carbons (Fsp3) is 0.333. The van der Waals surface area contributed by atoms with E-state index in [9.17, 15) is 4.79 Å². The molecule has 1 N–H and O–H groups in total. The van der Waals surface area contributed by atoms with Crippen molar-refractivity contribution in [1.82, 2.24) is 10.3 Å². The van der Waals surface area contributed by atoms with Crippen LogP contribution in [0.15, 0.2) is 41.0 Å². The van der Waals surface area contributed by atoms with Crippen molar-refractivity contribution >= 4 is 5.91 Å². The highest BCUT2D eigenvalue weighted by Gasteiger charge is 2.45. The molecule has 2 heterocycles. The van der Waals surface area contributed by atoms with Crippen LogP contribution in [0.25, 0.3) is 0 Å². The number of aromatic nitrogens is 1. The Hall–Kier alpha value is -2.10. The van der Waals surface area contributed by atoms with Gasteiger partial charge in [0, 0.05) is 17.5 Å². The third-order valence-corrected chi connectivity index (χ3v) is 3.43. The van der Waals surface area contributed by atoms with Crippen LogP contribution in [0, 0.1) is 12.8 Å². The minimum absolute atomic E-state index is 0.0518. The number of hydrogen-bond acceptors (Lipinski definition) is 3. The SMILES string of the molecule is Cc1cccc(CNC(=O)C2CC2c2ccco2)n1. The number of hydrogen-bond donors (Lipinski definition) is 1. The predicted molar refractivity (Wildman–Crippen MR) is 70.4 cm³/mol. The second kappa shape index (κ2) is 4.88. The Labute approximate surface area is 111 Å². The fourth-order valence-electron chi connectivity index (χ4n) is 2.31. The van der Waals surface area contributed by atoms with E-state index < -0.39 is 0 Å². The van der Waals surface area contributed by atoms with Crippen molar-refractivity contribution in [3.05, 3.63) is 53.7 Å². The molecule has 98 valence electrons. The van der Waals surface area contributed by atoms with Gasteiger partial charge in [0.15, 0.2) is 0 Å². The highest BCUT2D eigenvalue weighted by Crippen LogP contribution is 2.47. The van der Waals surface area contributed by atoms with Gasteiger partial charge in [-0.1, -0.05) is 6.07 Å². The molecule has 2 unspecified atom stereocenters. The first kappa shape index (κ1) is 12.0. The standard InChI is InChI=1S/C15H16N2O2/c1-10-4-2-5-11(17-10)9-16-15(18)13-8-12(13)14-6-3-7-19-14/h2-7,12-13H,8-9H2,1H3,(H,16,18). The van der Waals surface area contributed by atoms with E-state index in [1.54, 1.807) is 6.26 Å². The third-order valence-electron chi connectivity index (χ3n) is 3.43. The topological polar surface area (TPSA) is 55.1 Å². The largest absolute Gasteiger partial charge is 0.469 e. The second-order valence-corrected chi connectivity index (χ2v) is 4.95. The summed E-state index contributed by atoms with van der Waals surface area (Å²) in [5.74, 6) is 1.30. The number of carbonyl (C=O) groups excluding carboxylic acids is 1. The number of pyridine rings is 1. The number of rotatable bonds is 4. The van der Waals surface area contributed by atoms with Gasteiger partial charge in [0.1, 0.15) is 5.76 Å². The third kappa shape index (κ3) is 2.67. The molecule has 1 aliphatic rings. The van der Waals surface area contributed by atoms with Crippen molar-refractivity contribution in [1.29, 1.82) is 0 Å². The van der Waals surface area contributed by atoms with Gasteiger partial charge in [0.2, 0.25) is 5.91 Å². The lowest BCUT2D eigenvalue weighted by molar-refractivity contribution is -0.122. The van der Waals surface area contributed by atoms with Gasteiger partial charge in [-0.15, -0.1) is 0 Å². The van der Waals surface area contributed by atoms with Crippen LogP contribution in [0.3, 0.4) is 0 Å². The summed E-state index contributed by atoms with van der Waals surface area (Å²) in [5, 5.41) is 2.94. The highest BCUT2D eigenvalue weighted by atomic mass is 16.3. The molecule has 4 heteroatoms. The summed E-state index contributed by atoms with van der Waals surface area (Å²) in [6.45, 7) is 2.43. The molecule has 2 aromatic heterocycles. The van der Waals surface area contributed by atoms with E-state index in [1.807, 2.05) is 37.3 Å². The van der Waals surface area contributed by atoms with E-state index in [2.05, 4.69) is 10.3 Å². The molecule has 4 nitrogen and oxygen atoms in total. The van der Waals surface area contributed by atoms with E-state index in [1.165, 1.54) is 0 Å². The lowest BCUT2D eigenvalue weighted by atomic mass is 10.2. The van der Waals surface area contributed by atoms with Crippen LogP contribution >= 0.6 is 0 Å². The van der Waals surface area contributed by atoms with Crippen LogP contribution in [-0.4, -0.2) is 10.9 Å². The molecule has 1 amide bonds. The van der Waals surface area contributed by atoms with Gasteiger partial charge in [0.05, 0.1) is 18.5 Å². The van der Waals surface area contributed by atoms with Gasteiger partial charge in [-0.3, -0.25) is 9.78 Å². The monoisotopic (exact) mass is 256 g/mol. The van der Waals surface area contributed by atoms with Gasteiger partial charge >= 0.3 is 0 Å². The zero-order chi connectivity index (χ0) is 13.2. The molecule has 1 fully saturated rings. The molecular formula is C15H16N2O2. The number of nitrogens with zero attached hydrogens (tertiary/aromatic N) is 1. The van der Waals surface area contributed by atoms with Crippen LogP contribution in [0.1, 0.15) is 29.5 Å². The molecule has 19 heavy (non-hydrogen) atoms. The smallest absolute Gasteiger partial charge is 0.224 e. The van der Waals surface area contributed by atoms with E-state index in [4.69, 9.17) is 4.42 Å². The summed E-state index contributed by atoms with van der Waals surface area (Å²) in [4.78, 5) is 16.3. The fourth-order valence-corrected chi connectivity index (χ4v) is 2.31. The Balaban J connectivity index is 1.53. The molecule has 1 saturated carbocycles. The van der Waals surface area contributed by atoms with Gasteiger partial charge in [-0.05, 0) is 37.6 Å². The number of amides is 1. The van der Waals surface area contributed by atoms with Gasteiger partial charge in [0.25, 0.3) is 0 Å². The molecule has 0 bridgehead atoms. The number of nitrogens with one attached hydrogen (secondary N) is 1. The Bertz CT molecular complexity index is 578. The maximum atomic E-state index is 12.0. The summed E-state index contributed by atoms with van der Waals surface area (Å²) in [7, 11) is 0. The summed E-state index contributed by atoms with van der Waals surface area (Å²) in [6.07, 6.45) is 2.53. The number of furan rings is 1. The van der Waals surface area contributed by atoms with Crippen LogP contribution in [0.2, 0.25) is 0 Å². The summed E-state index contributed by atoms with van der Waals surface area (Å²) < 4.78 is 5.32. The quantitative estimate of drug-likeness (QED) is 0.913. The Morgan fingerprint density at radius 2 is 2.32 bits per heavy atom. The van der Waals surface area contributed by atoms with Crippen LogP contribution in [0.5, 0.6) is 0 Å². The predicted octanol–water partition coefficient (Wildman–Crippen LogP) is 2.40. The van der Waals surface area contributed by atoms with Gasteiger partial charge < -0.3 is 9.73 Å². The number of aryl methyl sites for hydroxylation is 1. The summed E-state index contributed by atoms with van der Waals surface area (Å²) in [5.41, 5.74) is 1.86. The average molecular weight is 256 g/mol. The molecule has 0 saturated heterocycles. The zero-order valence-corrected chi connectivity index (χ0v) is 10.8. The van der Waals surface area contributed by atoms with E-state index in [0.717, 1.165) is 23.6 Å². The normalized spacial score (nSPS) is 21.1. The van der Waals surface area contributed by atoms with Crippen molar-refractivity contribution in [2.45, 2.75) is 25.8 Å². The van der Waals surface area contributed by atoms with Crippen LogP contribution in [-0.2, 0) is 11.3 Å². The lowest BCUT2D eigenvalue weighted by Crippen LogP contribution is -2.25. The molecule has 0 aromatic carbocycles. The minimum Gasteiger partial charge on any atom is -0.469 e. The maximum absolute atomic E-state index is 12.0. The van der Waals surface area contributed by atoms with Crippen LogP contribution in [0.4, 0.5) is 0 Å². The first-order valence-electron chi connectivity index (χ1n) is 6.47. The molecule has 0 radical (unpaired) electrons. The first-order valence-corrected chi connectivity index (χ1v) is 6.47. The van der Waals surface area contributed by atoms with E-state index in [0.29, 0.717) is 6.54 Å². The van der Waals surface area contributed by atoms with Gasteiger partial charge in [-0.25, -0.2) is 0 Å². The van der Waals surface area contributed by atoms with Crippen molar-refractivity contribution in [3.8, 4) is 0 Å². The summed E-state index contributed by atoms with van der Waals surface area (Å²) in [6, 6.07) is 9.61. The molecule has 0 aliphatic heterocycles. The Kier molecular flexibility index (Phi) is 3.07. The van der Waals surface area contributed by atoms with Crippen molar-refractivity contribution in [2.24, 2.45) is 5.92 Å². The molecule has 3 rings (SSSR count). The molecule has 2 atom stereocenters. The summed E-state index contributed by atoms with van der Waals surface area (Å²) >= 11 is 0. The Morgan fingerprint density at radius 3 is 3.05 bits per heavy atom. The second-order valence-electron chi connectivity index (χ2n) is 4.95. The zero-order valence-electron chi connectivity index (χ0n) is 10.8. The molecule has 0 spiro atoms. The molecular weight excluding hydrogens is 240 g/mol. The highest BCUT2D eigenvalue weighted by molar-refractivity contribution is 5.82. The van der Waals surface area contributed by atoms with Crippen molar-refractivity contribution in [3.63, 3.8) is 0 Å². The number of carbonyl (C=O) groups is 1. The Morgan fingerprint density at radius 1 is 1.42 bits per heavy atom. The van der Waals surface area contributed by atoms with Crippen LogP contribution < -0.4 is 5.32 Å².